The number of amidine groups is 1. The van der Waals surface area contributed by atoms with Gasteiger partial charge in [-0.25, -0.2) is 5.84 Å². The first-order chi connectivity index (χ1) is 6.88. The zero-order valence-corrected chi connectivity index (χ0v) is 9.26. The first-order valence-electron chi connectivity index (χ1n) is 5.89. The lowest BCUT2D eigenvalue weighted by Crippen LogP contribution is -2.36. The maximum absolute atomic E-state index is 5.51. The molecule has 0 aromatic rings. The zero-order chi connectivity index (χ0) is 10.2. The van der Waals surface area contributed by atoms with Crippen molar-refractivity contribution in [3.05, 3.63) is 0 Å². The van der Waals surface area contributed by atoms with E-state index in [1.165, 1.54) is 38.5 Å². The smallest absolute Gasteiger partial charge is 0.113 e. The topological polar surface area (TPSA) is 50.4 Å². The third-order valence-corrected chi connectivity index (χ3v) is 2.90. The molecule has 1 saturated carbocycles. The predicted molar refractivity (Wildman–Crippen MR) is 61.1 cm³/mol. The number of aliphatic imine (C=N–C) groups is 1. The van der Waals surface area contributed by atoms with Crippen LogP contribution in [0.4, 0.5) is 0 Å². The van der Waals surface area contributed by atoms with Crippen molar-refractivity contribution in [1.82, 2.24) is 5.43 Å². The molecule has 0 unspecified atom stereocenters. The lowest BCUT2D eigenvalue weighted by molar-refractivity contribution is 0.571. The lowest BCUT2D eigenvalue weighted by Gasteiger charge is -2.16. The molecule has 0 bridgehead atoms. The molecule has 0 saturated heterocycles. The number of nitrogens with zero attached hydrogens (tertiary/aromatic N) is 1. The van der Waals surface area contributed by atoms with E-state index in [-0.39, 0.29) is 0 Å². The van der Waals surface area contributed by atoms with Crippen LogP contribution in [-0.2, 0) is 0 Å². The van der Waals surface area contributed by atoms with Crippen molar-refractivity contribution in [2.24, 2.45) is 16.8 Å². The van der Waals surface area contributed by atoms with Crippen molar-refractivity contribution < 1.29 is 0 Å². The molecule has 82 valence electrons. The van der Waals surface area contributed by atoms with Crippen molar-refractivity contribution in [2.75, 3.05) is 6.54 Å². The molecule has 14 heavy (non-hydrogen) atoms. The Morgan fingerprint density at radius 2 is 1.93 bits per heavy atom. The second-order valence-corrected chi connectivity index (χ2v) is 4.10. The van der Waals surface area contributed by atoms with Crippen LogP contribution < -0.4 is 11.3 Å². The number of nitrogens with two attached hydrogens (primary N) is 1. The van der Waals surface area contributed by atoms with Crippen LogP contribution in [0.1, 0.15) is 51.9 Å². The van der Waals surface area contributed by atoms with Crippen molar-refractivity contribution in [3.63, 3.8) is 0 Å². The lowest BCUT2D eigenvalue weighted by atomic mass is 9.99. The Labute approximate surface area is 87.1 Å². The van der Waals surface area contributed by atoms with E-state index < -0.39 is 0 Å². The second-order valence-electron chi connectivity index (χ2n) is 4.10. The summed E-state index contributed by atoms with van der Waals surface area (Å²) in [5.74, 6) is 7.14. The fourth-order valence-electron chi connectivity index (χ4n) is 2.08. The maximum atomic E-state index is 5.51. The normalized spacial score (nSPS) is 20.6. The van der Waals surface area contributed by atoms with Gasteiger partial charge in [-0.15, -0.1) is 0 Å². The van der Waals surface area contributed by atoms with Gasteiger partial charge in [-0.3, -0.25) is 4.99 Å². The summed E-state index contributed by atoms with van der Waals surface area (Å²) in [7, 11) is 0. The van der Waals surface area contributed by atoms with E-state index in [0.29, 0.717) is 5.92 Å². The number of hydrogen-bond acceptors (Lipinski definition) is 2. The van der Waals surface area contributed by atoms with E-state index in [9.17, 15) is 0 Å². The Balaban J connectivity index is 2.48. The molecule has 1 aliphatic carbocycles. The van der Waals surface area contributed by atoms with Crippen molar-refractivity contribution in [1.29, 1.82) is 0 Å². The van der Waals surface area contributed by atoms with Gasteiger partial charge in [0.25, 0.3) is 0 Å². The monoisotopic (exact) mass is 197 g/mol. The predicted octanol–water partition coefficient (Wildman–Crippen LogP) is 2.23. The molecule has 3 heteroatoms. The molecule has 1 rings (SSSR count). The van der Waals surface area contributed by atoms with Gasteiger partial charge >= 0.3 is 0 Å². The zero-order valence-electron chi connectivity index (χ0n) is 9.26. The number of hydrogen-bond donors (Lipinski definition) is 2. The number of nitrogens with one attached hydrogen (secondary N) is 1. The fraction of sp³-hybridized carbons (Fsp3) is 0.909. The molecule has 0 aromatic heterocycles. The van der Waals surface area contributed by atoms with Crippen LogP contribution in [0.5, 0.6) is 0 Å². The average molecular weight is 197 g/mol. The third-order valence-electron chi connectivity index (χ3n) is 2.90. The van der Waals surface area contributed by atoms with Gasteiger partial charge in [0.1, 0.15) is 5.84 Å². The van der Waals surface area contributed by atoms with Gasteiger partial charge in [0, 0.05) is 12.5 Å². The molecule has 3 N–H and O–H groups in total. The summed E-state index contributed by atoms with van der Waals surface area (Å²) in [4.78, 5) is 4.51. The van der Waals surface area contributed by atoms with Crippen LogP contribution in [-0.4, -0.2) is 12.4 Å². The van der Waals surface area contributed by atoms with Gasteiger partial charge in [0.2, 0.25) is 0 Å². The van der Waals surface area contributed by atoms with Crippen LogP contribution >= 0.6 is 0 Å². The highest BCUT2D eigenvalue weighted by Crippen LogP contribution is 2.23. The van der Waals surface area contributed by atoms with Crippen molar-refractivity contribution in [2.45, 2.75) is 51.9 Å². The molecule has 0 aliphatic heterocycles. The Bertz CT molecular complexity index is 169. The largest absolute Gasteiger partial charge is 0.312 e. The van der Waals surface area contributed by atoms with Crippen LogP contribution in [0.15, 0.2) is 4.99 Å². The van der Waals surface area contributed by atoms with Gasteiger partial charge in [-0.2, -0.15) is 0 Å². The highest BCUT2D eigenvalue weighted by Gasteiger charge is 2.16. The maximum Gasteiger partial charge on any atom is 0.113 e. The molecule has 0 aromatic carbocycles. The molecule has 0 amide bonds. The second kappa shape index (κ2) is 6.82. The van der Waals surface area contributed by atoms with E-state index in [1.54, 1.807) is 0 Å². The summed E-state index contributed by atoms with van der Waals surface area (Å²) < 4.78 is 0. The first-order valence-corrected chi connectivity index (χ1v) is 5.89. The minimum Gasteiger partial charge on any atom is -0.312 e. The summed E-state index contributed by atoms with van der Waals surface area (Å²) in [6, 6.07) is 0. The number of hydrazine groups is 1. The summed E-state index contributed by atoms with van der Waals surface area (Å²) in [6.07, 6.45) is 9.02. The van der Waals surface area contributed by atoms with Gasteiger partial charge in [0.05, 0.1) is 0 Å². The van der Waals surface area contributed by atoms with E-state index in [0.717, 1.165) is 18.8 Å². The molecular formula is C11H23N3. The van der Waals surface area contributed by atoms with Crippen LogP contribution in [0.25, 0.3) is 0 Å². The third kappa shape index (κ3) is 3.66. The van der Waals surface area contributed by atoms with Crippen molar-refractivity contribution in [3.8, 4) is 0 Å². The molecule has 0 atom stereocenters. The summed E-state index contributed by atoms with van der Waals surface area (Å²) in [6.45, 7) is 3.04. The summed E-state index contributed by atoms with van der Waals surface area (Å²) >= 11 is 0. The van der Waals surface area contributed by atoms with E-state index >= 15 is 0 Å². The molecule has 1 aliphatic rings. The van der Waals surface area contributed by atoms with Gasteiger partial charge in [0.15, 0.2) is 0 Å². The SMILES string of the molecule is CCCN=C(NN)C1CCCCCC1. The van der Waals surface area contributed by atoms with Crippen molar-refractivity contribution >= 4 is 5.84 Å². The van der Waals surface area contributed by atoms with Crippen LogP contribution in [0, 0.1) is 5.92 Å². The minimum atomic E-state index is 0.592. The number of rotatable bonds is 3. The highest BCUT2D eigenvalue weighted by atomic mass is 15.3. The Morgan fingerprint density at radius 3 is 2.43 bits per heavy atom. The van der Waals surface area contributed by atoms with Gasteiger partial charge in [-0.1, -0.05) is 32.6 Å². The minimum absolute atomic E-state index is 0.592. The van der Waals surface area contributed by atoms with Crippen LogP contribution in [0.2, 0.25) is 0 Å². The van der Waals surface area contributed by atoms with Gasteiger partial charge in [-0.05, 0) is 19.3 Å². The molecule has 3 nitrogen and oxygen atoms in total. The quantitative estimate of drug-likeness (QED) is 0.240. The summed E-state index contributed by atoms with van der Waals surface area (Å²) in [5, 5.41) is 0. The highest BCUT2D eigenvalue weighted by molar-refractivity contribution is 5.84. The standard InChI is InChI=1S/C11H23N3/c1-2-9-13-11(14-12)10-7-5-3-4-6-8-10/h10H,2-9,12H2,1H3,(H,13,14). The molecule has 0 spiro atoms. The fourth-order valence-corrected chi connectivity index (χ4v) is 2.08. The molecular weight excluding hydrogens is 174 g/mol. The van der Waals surface area contributed by atoms with Crippen LogP contribution in [0.3, 0.4) is 0 Å². The molecule has 1 fully saturated rings. The Kier molecular flexibility index (Phi) is 5.60. The molecule has 0 radical (unpaired) electrons. The average Bonchev–Trinajstić information content (AvgIpc) is 2.48. The van der Waals surface area contributed by atoms with E-state index in [4.69, 9.17) is 5.84 Å². The van der Waals surface area contributed by atoms with E-state index in [1.807, 2.05) is 0 Å². The Hall–Kier alpha value is -0.570. The first kappa shape index (κ1) is 11.5. The van der Waals surface area contributed by atoms with Gasteiger partial charge < -0.3 is 5.43 Å². The van der Waals surface area contributed by atoms with E-state index in [2.05, 4.69) is 17.3 Å². The summed E-state index contributed by atoms with van der Waals surface area (Å²) in [5.41, 5.74) is 2.78. The molecule has 0 heterocycles. The Morgan fingerprint density at radius 1 is 1.29 bits per heavy atom.